The highest BCUT2D eigenvalue weighted by molar-refractivity contribution is 7.00. The van der Waals surface area contributed by atoms with Crippen LogP contribution in [0.15, 0.2) is 164 Å². The summed E-state index contributed by atoms with van der Waals surface area (Å²) in [5, 5.41) is 0. The summed E-state index contributed by atoms with van der Waals surface area (Å²) in [5.41, 5.74) is 27.3. The predicted molar refractivity (Wildman–Crippen MR) is 310 cm³/mol. The molecular weight excluding hydrogens is 870 g/mol. The van der Waals surface area contributed by atoms with Gasteiger partial charge in [0.2, 0.25) is 0 Å². The molecule has 0 spiro atoms. The van der Waals surface area contributed by atoms with E-state index in [0.717, 1.165) is 29.9 Å². The minimum atomic E-state index is -0.0506. The number of rotatable bonds is 6. The van der Waals surface area contributed by atoms with Crippen LogP contribution >= 0.6 is 0 Å². The van der Waals surface area contributed by atoms with Gasteiger partial charge in [0.25, 0.3) is 6.71 Å². The van der Waals surface area contributed by atoms with E-state index in [9.17, 15) is 0 Å². The third-order valence-corrected chi connectivity index (χ3v) is 17.1. The molecule has 3 nitrogen and oxygen atoms in total. The van der Waals surface area contributed by atoms with E-state index >= 15 is 0 Å². The Morgan fingerprint density at radius 3 is 1.46 bits per heavy atom. The molecule has 12 rings (SSSR count). The van der Waals surface area contributed by atoms with Crippen molar-refractivity contribution >= 4 is 74.3 Å². The molecule has 4 aliphatic rings. The summed E-state index contributed by atoms with van der Waals surface area (Å²) in [6.45, 7) is 31.3. The van der Waals surface area contributed by atoms with E-state index in [1.54, 1.807) is 0 Å². The first-order valence-corrected chi connectivity index (χ1v) is 26.5. The Hall–Kier alpha value is -6.78. The van der Waals surface area contributed by atoms with Crippen molar-refractivity contribution in [3.8, 4) is 11.1 Å². The zero-order chi connectivity index (χ0) is 50.4. The maximum Gasteiger partial charge on any atom is 0.252 e. The molecular formula is C68H70BN3. The van der Waals surface area contributed by atoms with Crippen LogP contribution in [0.1, 0.15) is 128 Å². The number of benzene rings is 8. The van der Waals surface area contributed by atoms with E-state index in [1.807, 2.05) is 0 Å². The molecule has 0 radical (unpaired) electrons. The average molecular weight is 940 g/mol. The first-order valence-electron chi connectivity index (χ1n) is 26.5. The normalized spacial score (nSPS) is 17.2. The fourth-order valence-electron chi connectivity index (χ4n) is 14.2. The monoisotopic (exact) mass is 940 g/mol. The molecule has 0 saturated heterocycles. The molecule has 0 aromatic heterocycles. The molecule has 2 aliphatic carbocycles. The second kappa shape index (κ2) is 15.9. The van der Waals surface area contributed by atoms with Gasteiger partial charge in [-0.15, -0.1) is 0 Å². The summed E-state index contributed by atoms with van der Waals surface area (Å²) in [4.78, 5) is 7.79. The number of nitrogens with zero attached hydrogens (tertiary/aromatic N) is 3. The summed E-state index contributed by atoms with van der Waals surface area (Å²) in [7, 11) is 0. The highest BCUT2D eigenvalue weighted by atomic mass is 15.2. The summed E-state index contributed by atoms with van der Waals surface area (Å²) in [5.74, 6) is 0. The molecule has 2 heterocycles. The molecule has 0 fully saturated rings. The van der Waals surface area contributed by atoms with Crippen LogP contribution < -0.4 is 31.1 Å². The maximum atomic E-state index is 2.68. The predicted octanol–water partition coefficient (Wildman–Crippen LogP) is 16.7. The summed E-state index contributed by atoms with van der Waals surface area (Å²) in [6.07, 6.45) is 2.22. The fraction of sp³-hybridized carbons (Fsp3) is 0.294. The van der Waals surface area contributed by atoms with Gasteiger partial charge in [0.15, 0.2) is 0 Å². The van der Waals surface area contributed by atoms with Gasteiger partial charge in [-0.05, 0) is 194 Å². The van der Waals surface area contributed by atoms with Crippen LogP contribution in [0.25, 0.3) is 11.1 Å². The summed E-state index contributed by atoms with van der Waals surface area (Å²) >= 11 is 0. The molecule has 72 heavy (non-hydrogen) atoms. The molecule has 0 bridgehead atoms. The Morgan fingerprint density at radius 2 is 0.903 bits per heavy atom. The van der Waals surface area contributed by atoms with Gasteiger partial charge in [-0.3, -0.25) is 0 Å². The highest BCUT2D eigenvalue weighted by Crippen LogP contribution is 2.56. The van der Waals surface area contributed by atoms with Crippen LogP contribution in [0.5, 0.6) is 0 Å². The second-order valence-electron chi connectivity index (χ2n) is 25.4. The third-order valence-electron chi connectivity index (χ3n) is 17.1. The Kier molecular flexibility index (Phi) is 10.2. The third kappa shape index (κ3) is 7.14. The van der Waals surface area contributed by atoms with E-state index in [0.29, 0.717) is 0 Å². The summed E-state index contributed by atoms with van der Waals surface area (Å²) in [6, 6.07) is 63.0. The number of fused-ring (bicyclic) bond motifs is 6. The van der Waals surface area contributed by atoms with Gasteiger partial charge in [0.1, 0.15) is 0 Å². The fourth-order valence-corrected chi connectivity index (χ4v) is 14.2. The van der Waals surface area contributed by atoms with Crippen LogP contribution in [-0.2, 0) is 27.1 Å². The van der Waals surface area contributed by atoms with Crippen molar-refractivity contribution in [1.29, 1.82) is 0 Å². The van der Waals surface area contributed by atoms with E-state index in [1.165, 1.54) is 101 Å². The molecule has 8 aromatic carbocycles. The Morgan fingerprint density at radius 1 is 0.431 bits per heavy atom. The lowest BCUT2D eigenvalue weighted by molar-refractivity contribution is 0.402. The van der Waals surface area contributed by atoms with E-state index in [-0.39, 0.29) is 33.8 Å². The maximum absolute atomic E-state index is 2.68. The van der Waals surface area contributed by atoms with Crippen molar-refractivity contribution in [3.05, 3.63) is 203 Å². The molecule has 0 saturated carbocycles. The topological polar surface area (TPSA) is 9.72 Å². The first kappa shape index (κ1) is 46.3. The van der Waals surface area contributed by atoms with Crippen LogP contribution in [0.3, 0.4) is 0 Å². The standard InChI is InChI=1S/C68H70BN3/c1-43-33-61-63-62(34-43)72(59-39-53-51(35-44(59)2)65(6,7)41-67(53,10)11)58-32-30-49(70(47-25-19-15-20-26-47)48-27-21-16-22-28-48)37-55(58)69(63)56-38-52-54(68(12,13)42-66(52,8)9)40-60(56)71(61)57-31-29-46(64(3,4)5)36-50(57)45-23-17-14-18-24-45/h14-40H,41-42H2,1-13H3. The van der Waals surface area contributed by atoms with Gasteiger partial charge in [-0.1, -0.05) is 161 Å². The number of para-hydroxylation sites is 2. The Balaban J connectivity index is 1.21. The lowest BCUT2D eigenvalue weighted by Crippen LogP contribution is -2.61. The quantitative estimate of drug-likeness (QED) is 0.154. The van der Waals surface area contributed by atoms with Crippen LogP contribution in [0.4, 0.5) is 51.2 Å². The van der Waals surface area contributed by atoms with E-state index < -0.39 is 0 Å². The van der Waals surface area contributed by atoms with Gasteiger partial charge < -0.3 is 14.7 Å². The van der Waals surface area contributed by atoms with Gasteiger partial charge in [-0.25, -0.2) is 0 Å². The van der Waals surface area contributed by atoms with Crippen molar-refractivity contribution in [2.24, 2.45) is 0 Å². The minimum Gasteiger partial charge on any atom is -0.311 e. The van der Waals surface area contributed by atoms with Crippen molar-refractivity contribution in [2.75, 3.05) is 14.7 Å². The molecule has 360 valence electrons. The minimum absolute atomic E-state index is 0.00351. The Labute approximate surface area is 430 Å². The van der Waals surface area contributed by atoms with Gasteiger partial charge >= 0.3 is 0 Å². The van der Waals surface area contributed by atoms with Crippen molar-refractivity contribution in [1.82, 2.24) is 0 Å². The van der Waals surface area contributed by atoms with Gasteiger partial charge in [-0.2, -0.15) is 0 Å². The molecule has 0 unspecified atom stereocenters. The van der Waals surface area contributed by atoms with Crippen LogP contribution in [0, 0.1) is 13.8 Å². The molecule has 2 aliphatic heterocycles. The second-order valence-corrected chi connectivity index (χ2v) is 25.4. The van der Waals surface area contributed by atoms with Crippen molar-refractivity contribution < 1.29 is 0 Å². The largest absolute Gasteiger partial charge is 0.311 e. The van der Waals surface area contributed by atoms with E-state index in [2.05, 4.69) is 269 Å². The van der Waals surface area contributed by atoms with Gasteiger partial charge in [0.05, 0.1) is 5.69 Å². The van der Waals surface area contributed by atoms with E-state index in [4.69, 9.17) is 0 Å². The molecule has 4 heteroatoms. The molecule has 8 aromatic rings. The summed E-state index contributed by atoms with van der Waals surface area (Å²) < 4.78 is 0. The smallest absolute Gasteiger partial charge is 0.252 e. The van der Waals surface area contributed by atoms with Crippen LogP contribution in [-0.4, -0.2) is 6.71 Å². The number of hydrogen-bond acceptors (Lipinski definition) is 3. The number of aryl methyl sites for hydroxylation is 2. The lowest BCUT2D eigenvalue weighted by atomic mass is 9.33. The first-order chi connectivity index (χ1) is 34.1. The number of anilines is 9. The zero-order valence-electron chi connectivity index (χ0n) is 44.9. The molecule has 0 amide bonds. The van der Waals surface area contributed by atoms with Gasteiger partial charge in [0, 0.05) is 51.1 Å². The molecule has 0 atom stereocenters. The highest BCUT2D eigenvalue weighted by Gasteiger charge is 2.49. The zero-order valence-corrected chi connectivity index (χ0v) is 44.9. The average Bonchev–Trinajstić information content (AvgIpc) is 3.64. The van der Waals surface area contributed by atoms with Crippen molar-refractivity contribution in [2.45, 2.75) is 130 Å². The molecule has 0 N–H and O–H groups in total. The number of hydrogen-bond donors (Lipinski definition) is 0. The van der Waals surface area contributed by atoms with Crippen molar-refractivity contribution in [3.63, 3.8) is 0 Å². The Bertz CT molecular complexity index is 3440. The van der Waals surface area contributed by atoms with Crippen LogP contribution in [0.2, 0.25) is 0 Å². The lowest BCUT2D eigenvalue weighted by Gasteiger charge is -2.46. The SMILES string of the molecule is Cc1cc2c3c(c1)N(c1ccc(C(C)(C)C)cc1-c1ccccc1)c1cc4c(cc1B3c1cc(N(c3ccccc3)c3ccccc3)ccc1N2c1cc2c(cc1C)C(C)(C)CC2(C)C)C(C)(C)CC4(C)C.